The van der Waals surface area contributed by atoms with E-state index in [1.165, 1.54) is 0 Å². The van der Waals surface area contributed by atoms with E-state index in [0.717, 1.165) is 0 Å². The molecule has 0 amide bonds. The number of carboxylic acids is 1. The SMILES string of the molecule is Cc1n[nH]c(C)c1S(=O)(=O)NC(C)CCCC(C)C(=O)O. The molecule has 2 atom stereocenters. The molecule has 0 aliphatic heterocycles. The molecule has 0 aliphatic rings. The average molecular weight is 317 g/mol. The van der Waals surface area contributed by atoms with Crippen molar-refractivity contribution in [2.75, 3.05) is 0 Å². The van der Waals surface area contributed by atoms with Gasteiger partial charge in [-0.3, -0.25) is 9.89 Å². The van der Waals surface area contributed by atoms with Crippen molar-refractivity contribution in [3.8, 4) is 0 Å². The fraction of sp³-hybridized carbons (Fsp3) is 0.692. The molecule has 8 heteroatoms. The number of aryl methyl sites for hydroxylation is 2. The van der Waals surface area contributed by atoms with Crippen molar-refractivity contribution < 1.29 is 18.3 Å². The zero-order chi connectivity index (χ0) is 16.2. The van der Waals surface area contributed by atoms with Crippen LogP contribution in [0.1, 0.15) is 44.5 Å². The van der Waals surface area contributed by atoms with Crippen molar-refractivity contribution in [1.82, 2.24) is 14.9 Å². The van der Waals surface area contributed by atoms with Gasteiger partial charge in [0.25, 0.3) is 0 Å². The van der Waals surface area contributed by atoms with Crippen LogP contribution in [0.2, 0.25) is 0 Å². The first-order valence-electron chi connectivity index (χ1n) is 6.92. The predicted octanol–water partition coefficient (Wildman–Crippen LogP) is 1.58. The standard InChI is InChI=1S/C13H23N3O4S/c1-8(13(17)18)6-5-7-9(2)16-21(19,20)12-10(3)14-15-11(12)4/h8-9,16H,5-7H2,1-4H3,(H,14,15)(H,17,18). The molecule has 120 valence electrons. The first-order chi connectivity index (χ1) is 9.65. The second-order valence-corrected chi connectivity index (χ2v) is 7.11. The lowest BCUT2D eigenvalue weighted by Crippen LogP contribution is -2.33. The summed E-state index contributed by atoms with van der Waals surface area (Å²) < 4.78 is 27.2. The third kappa shape index (κ3) is 4.82. The van der Waals surface area contributed by atoms with Gasteiger partial charge in [0.15, 0.2) is 0 Å². The highest BCUT2D eigenvalue weighted by Gasteiger charge is 2.24. The number of aliphatic carboxylic acids is 1. The highest BCUT2D eigenvalue weighted by molar-refractivity contribution is 7.89. The molecule has 1 aromatic rings. The van der Waals surface area contributed by atoms with Crippen LogP contribution in [0.5, 0.6) is 0 Å². The quantitative estimate of drug-likeness (QED) is 0.674. The van der Waals surface area contributed by atoms with Gasteiger partial charge in [0.2, 0.25) is 10.0 Å². The summed E-state index contributed by atoms with van der Waals surface area (Å²) in [5.74, 6) is -1.24. The highest BCUT2D eigenvalue weighted by atomic mass is 32.2. The summed E-state index contributed by atoms with van der Waals surface area (Å²) in [6.45, 7) is 6.72. The maximum absolute atomic E-state index is 12.3. The van der Waals surface area contributed by atoms with Gasteiger partial charge in [-0.15, -0.1) is 0 Å². The molecule has 0 saturated carbocycles. The van der Waals surface area contributed by atoms with E-state index in [1.807, 2.05) is 0 Å². The van der Waals surface area contributed by atoms with E-state index in [0.29, 0.717) is 30.7 Å². The lowest BCUT2D eigenvalue weighted by Gasteiger charge is -2.15. The number of sulfonamides is 1. The van der Waals surface area contributed by atoms with Crippen molar-refractivity contribution in [2.45, 2.75) is 57.9 Å². The van der Waals surface area contributed by atoms with E-state index in [4.69, 9.17) is 5.11 Å². The number of rotatable bonds is 8. The monoisotopic (exact) mass is 317 g/mol. The summed E-state index contributed by atoms with van der Waals surface area (Å²) in [5, 5.41) is 15.3. The van der Waals surface area contributed by atoms with E-state index < -0.39 is 21.9 Å². The Morgan fingerprint density at radius 1 is 1.33 bits per heavy atom. The fourth-order valence-electron chi connectivity index (χ4n) is 2.17. The predicted molar refractivity (Wildman–Crippen MR) is 78.5 cm³/mol. The van der Waals surface area contributed by atoms with Crippen LogP contribution in [0, 0.1) is 19.8 Å². The van der Waals surface area contributed by atoms with Gasteiger partial charge in [0.1, 0.15) is 4.90 Å². The Labute approximate surface area is 125 Å². The summed E-state index contributed by atoms with van der Waals surface area (Å²) >= 11 is 0. The summed E-state index contributed by atoms with van der Waals surface area (Å²) in [5.41, 5.74) is 0.943. The van der Waals surface area contributed by atoms with Gasteiger partial charge in [0.05, 0.1) is 17.3 Å². The van der Waals surface area contributed by atoms with Gasteiger partial charge in [-0.05, 0) is 33.6 Å². The van der Waals surface area contributed by atoms with Crippen LogP contribution in [0.25, 0.3) is 0 Å². The minimum absolute atomic E-state index is 0.188. The van der Waals surface area contributed by atoms with Crippen LogP contribution in [0.3, 0.4) is 0 Å². The molecule has 0 radical (unpaired) electrons. The van der Waals surface area contributed by atoms with Crippen molar-refractivity contribution >= 4 is 16.0 Å². The highest BCUT2D eigenvalue weighted by Crippen LogP contribution is 2.18. The number of carboxylic acid groups (broad SMARTS) is 1. The molecule has 0 aromatic carbocycles. The molecule has 0 fully saturated rings. The van der Waals surface area contributed by atoms with Gasteiger partial charge in [0, 0.05) is 6.04 Å². The van der Waals surface area contributed by atoms with E-state index >= 15 is 0 Å². The van der Waals surface area contributed by atoms with Crippen molar-refractivity contribution in [2.24, 2.45) is 5.92 Å². The number of aromatic amines is 1. The van der Waals surface area contributed by atoms with E-state index in [-0.39, 0.29) is 10.9 Å². The van der Waals surface area contributed by atoms with Gasteiger partial charge in [-0.2, -0.15) is 5.10 Å². The molecule has 0 spiro atoms. The maximum atomic E-state index is 12.3. The number of hydrogen-bond acceptors (Lipinski definition) is 4. The van der Waals surface area contributed by atoms with Crippen LogP contribution in [-0.4, -0.2) is 35.7 Å². The Balaban J connectivity index is 2.58. The Morgan fingerprint density at radius 3 is 2.43 bits per heavy atom. The molecule has 21 heavy (non-hydrogen) atoms. The van der Waals surface area contributed by atoms with Gasteiger partial charge in [-0.1, -0.05) is 13.3 Å². The fourth-order valence-corrected chi connectivity index (χ4v) is 3.82. The molecule has 7 nitrogen and oxygen atoms in total. The first-order valence-corrected chi connectivity index (χ1v) is 8.40. The number of H-pyrrole nitrogens is 1. The summed E-state index contributed by atoms with van der Waals surface area (Å²) in [6, 6.07) is -0.260. The first kappa shape index (κ1) is 17.6. The van der Waals surface area contributed by atoms with E-state index in [9.17, 15) is 13.2 Å². The molecular formula is C13H23N3O4S. The number of carbonyl (C=O) groups is 1. The summed E-state index contributed by atoms with van der Waals surface area (Å²) in [6.07, 6.45) is 1.78. The molecule has 2 unspecified atom stereocenters. The second kappa shape index (κ2) is 7.04. The zero-order valence-electron chi connectivity index (χ0n) is 12.8. The smallest absolute Gasteiger partial charge is 0.306 e. The Kier molecular flexibility index (Phi) is 5.91. The van der Waals surface area contributed by atoms with Crippen molar-refractivity contribution in [3.63, 3.8) is 0 Å². The van der Waals surface area contributed by atoms with Crippen LogP contribution in [0.4, 0.5) is 0 Å². The molecular weight excluding hydrogens is 294 g/mol. The lowest BCUT2D eigenvalue weighted by atomic mass is 10.0. The van der Waals surface area contributed by atoms with Crippen LogP contribution in [0.15, 0.2) is 4.90 Å². The number of aromatic nitrogens is 2. The minimum Gasteiger partial charge on any atom is -0.481 e. The molecule has 0 aliphatic carbocycles. The third-order valence-corrected chi connectivity index (χ3v) is 5.23. The Morgan fingerprint density at radius 2 is 1.95 bits per heavy atom. The third-order valence-electron chi connectivity index (χ3n) is 3.38. The van der Waals surface area contributed by atoms with Crippen LogP contribution in [-0.2, 0) is 14.8 Å². The number of hydrogen-bond donors (Lipinski definition) is 3. The number of nitrogens with one attached hydrogen (secondary N) is 2. The summed E-state index contributed by atoms with van der Waals surface area (Å²) in [4.78, 5) is 10.9. The van der Waals surface area contributed by atoms with Crippen molar-refractivity contribution in [3.05, 3.63) is 11.4 Å². The molecule has 1 heterocycles. The van der Waals surface area contributed by atoms with Crippen LogP contribution >= 0.6 is 0 Å². The zero-order valence-corrected chi connectivity index (χ0v) is 13.6. The average Bonchev–Trinajstić information content (AvgIpc) is 2.68. The summed E-state index contributed by atoms with van der Waals surface area (Å²) in [7, 11) is -3.60. The Hall–Kier alpha value is -1.41. The molecule has 3 N–H and O–H groups in total. The van der Waals surface area contributed by atoms with Gasteiger partial charge >= 0.3 is 5.97 Å². The molecule has 0 bridgehead atoms. The van der Waals surface area contributed by atoms with Crippen LogP contribution < -0.4 is 4.72 Å². The molecule has 1 rings (SSSR count). The normalized spacial score (nSPS) is 14.9. The van der Waals surface area contributed by atoms with E-state index in [1.54, 1.807) is 27.7 Å². The topological polar surface area (TPSA) is 112 Å². The van der Waals surface area contributed by atoms with Gasteiger partial charge in [-0.25, -0.2) is 13.1 Å². The maximum Gasteiger partial charge on any atom is 0.306 e. The van der Waals surface area contributed by atoms with E-state index in [2.05, 4.69) is 14.9 Å². The minimum atomic E-state index is -3.60. The van der Waals surface area contributed by atoms with Gasteiger partial charge < -0.3 is 5.11 Å². The second-order valence-electron chi connectivity index (χ2n) is 5.46. The van der Waals surface area contributed by atoms with Crippen molar-refractivity contribution in [1.29, 1.82) is 0 Å². The largest absolute Gasteiger partial charge is 0.481 e. The number of nitrogens with zero attached hydrogens (tertiary/aromatic N) is 1. The molecule has 0 saturated heterocycles. The Bertz CT molecular complexity index is 575. The molecule has 1 aromatic heterocycles. The lowest BCUT2D eigenvalue weighted by molar-refractivity contribution is -0.141.